The molecule has 0 aliphatic carbocycles. The molecule has 0 aliphatic rings. The van der Waals surface area contributed by atoms with Gasteiger partial charge in [0, 0.05) is 11.4 Å². The van der Waals surface area contributed by atoms with E-state index in [4.69, 9.17) is 0 Å². The van der Waals surface area contributed by atoms with E-state index in [2.05, 4.69) is 15.6 Å². The average molecular weight is 337 g/mol. The van der Waals surface area contributed by atoms with Crippen molar-refractivity contribution in [2.24, 2.45) is 0 Å². The molecule has 0 saturated carbocycles. The first kappa shape index (κ1) is 16.2. The highest BCUT2D eigenvalue weighted by molar-refractivity contribution is 7.17. The molecule has 122 valence electrons. The van der Waals surface area contributed by atoms with Gasteiger partial charge in [0.15, 0.2) is 5.13 Å². The zero-order valence-electron chi connectivity index (χ0n) is 13.9. The lowest BCUT2D eigenvalue weighted by atomic mass is 10.2. The zero-order valence-corrected chi connectivity index (χ0v) is 14.7. The molecule has 1 aromatic heterocycles. The Bertz CT molecular complexity index is 851. The largest absolute Gasteiger partial charge is 0.332 e. The van der Waals surface area contributed by atoms with Gasteiger partial charge in [-0.2, -0.15) is 0 Å². The molecule has 0 bridgehead atoms. The summed E-state index contributed by atoms with van der Waals surface area (Å²) in [6.45, 7) is 5.91. The number of carbonyl (C=O) groups excluding carboxylic acids is 1. The monoisotopic (exact) mass is 337 g/mol. The van der Waals surface area contributed by atoms with Crippen LogP contribution < -0.4 is 10.6 Å². The molecule has 0 unspecified atom stereocenters. The van der Waals surface area contributed by atoms with Crippen LogP contribution in [0.2, 0.25) is 0 Å². The Balaban J connectivity index is 1.74. The maximum atomic E-state index is 12.5. The number of nitrogens with zero attached hydrogens (tertiary/aromatic N) is 1. The predicted octanol–water partition coefficient (Wildman–Crippen LogP) is 5.06. The minimum atomic E-state index is -0.134. The van der Waals surface area contributed by atoms with Gasteiger partial charge in [0.1, 0.15) is 4.88 Å². The molecule has 5 heteroatoms. The Morgan fingerprint density at radius 1 is 0.875 bits per heavy atom. The van der Waals surface area contributed by atoms with E-state index in [0.717, 1.165) is 22.6 Å². The highest BCUT2D eigenvalue weighted by Gasteiger charge is 2.15. The van der Waals surface area contributed by atoms with E-state index in [1.807, 2.05) is 69.3 Å². The lowest BCUT2D eigenvalue weighted by Gasteiger charge is -2.04. The Morgan fingerprint density at radius 2 is 1.42 bits per heavy atom. The molecule has 1 heterocycles. The van der Waals surface area contributed by atoms with Crippen LogP contribution in [0.15, 0.2) is 48.5 Å². The van der Waals surface area contributed by atoms with Crippen molar-refractivity contribution in [1.29, 1.82) is 0 Å². The van der Waals surface area contributed by atoms with Crippen LogP contribution in [-0.4, -0.2) is 10.9 Å². The number of aromatic nitrogens is 1. The number of hydrogen-bond acceptors (Lipinski definition) is 4. The average Bonchev–Trinajstić information content (AvgIpc) is 2.92. The molecule has 0 aliphatic heterocycles. The summed E-state index contributed by atoms with van der Waals surface area (Å²) in [5.41, 5.74) is 4.83. The van der Waals surface area contributed by atoms with Crippen LogP contribution in [-0.2, 0) is 0 Å². The summed E-state index contributed by atoms with van der Waals surface area (Å²) in [5.74, 6) is -0.134. The van der Waals surface area contributed by atoms with E-state index >= 15 is 0 Å². The molecule has 2 N–H and O–H groups in total. The highest BCUT2D eigenvalue weighted by Crippen LogP contribution is 2.26. The fourth-order valence-corrected chi connectivity index (χ4v) is 3.13. The molecule has 3 aromatic rings. The third-order valence-electron chi connectivity index (χ3n) is 3.62. The number of hydrogen-bond donors (Lipinski definition) is 2. The third-order valence-corrected chi connectivity index (χ3v) is 4.69. The molecule has 4 nitrogen and oxygen atoms in total. The fourth-order valence-electron chi connectivity index (χ4n) is 2.25. The predicted molar refractivity (Wildman–Crippen MR) is 100 cm³/mol. The van der Waals surface area contributed by atoms with Crippen molar-refractivity contribution in [1.82, 2.24) is 4.98 Å². The highest BCUT2D eigenvalue weighted by atomic mass is 32.1. The van der Waals surface area contributed by atoms with Crippen LogP contribution in [0.25, 0.3) is 0 Å². The van der Waals surface area contributed by atoms with Crippen LogP contribution in [0.5, 0.6) is 0 Å². The van der Waals surface area contributed by atoms with Crippen molar-refractivity contribution in [3.05, 3.63) is 70.2 Å². The second-order valence-corrected chi connectivity index (χ2v) is 6.74. The van der Waals surface area contributed by atoms with Crippen LogP contribution >= 0.6 is 11.3 Å². The second kappa shape index (κ2) is 6.84. The standard InChI is InChI=1S/C19H19N3OS/c1-12-4-8-15(9-5-12)21-18(23)17-14(3)20-19(24-17)22-16-10-6-13(2)7-11-16/h4-11H,1-3H3,(H,20,22)(H,21,23). The normalized spacial score (nSPS) is 10.5. The van der Waals surface area contributed by atoms with Gasteiger partial charge in [-0.15, -0.1) is 0 Å². The van der Waals surface area contributed by atoms with E-state index in [-0.39, 0.29) is 5.91 Å². The van der Waals surface area contributed by atoms with Crippen molar-refractivity contribution in [2.75, 3.05) is 10.6 Å². The third kappa shape index (κ3) is 3.81. The van der Waals surface area contributed by atoms with Crippen molar-refractivity contribution >= 4 is 33.8 Å². The molecule has 0 atom stereocenters. The molecule has 0 saturated heterocycles. The summed E-state index contributed by atoms with van der Waals surface area (Å²) < 4.78 is 0. The molecule has 3 rings (SSSR count). The van der Waals surface area contributed by atoms with E-state index in [1.165, 1.54) is 16.9 Å². The van der Waals surface area contributed by atoms with Crippen LogP contribution in [0.3, 0.4) is 0 Å². The topological polar surface area (TPSA) is 54.0 Å². The summed E-state index contributed by atoms with van der Waals surface area (Å²) in [4.78, 5) is 17.5. The van der Waals surface area contributed by atoms with Gasteiger partial charge in [0.25, 0.3) is 5.91 Å². The Hall–Kier alpha value is -2.66. The van der Waals surface area contributed by atoms with E-state index in [9.17, 15) is 4.79 Å². The Kier molecular flexibility index (Phi) is 4.62. The summed E-state index contributed by atoms with van der Waals surface area (Å²) in [7, 11) is 0. The molecule has 0 fully saturated rings. The van der Waals surface area contributed by atoms with Gasteiger partial charge in [0.2, 0.25) is 0 Å². The van der Waals surface area contributed by atoms with E-state index < -0.39 is 0 Å². The molecular formula is C19H19N3OS. The molecule has 0 spiro atoms. The number of thiazole rings is 1. The van der Waals surface area contributed by atoms with Gasteiger partial charge in [-0.1, -0.05) is 46.7 Å². The maximum Gasteiger partial charge on any atom is 0.267 e. The van der Waals surface area contributed by atoms with Gasteiger partial charge in [-0.3, -0.25) is 4.79 Å². The van der Waals surface area contributed by atoms with Crippen LogP contribution in [0, 0.1) is 20.8 Å². The number of aryl methyl sites for hydroxylation is 3. The molecule has 2 aromatic carbocycles. The van der Waals surface area contributed by atoms with E-state index in [1.54, 1.807) is 0 Å². The lowest BCUT2D eigenvalue weighted by molar-refractivity contribution is 0.103. The lowest BCUT2D eigenvalue weighted by Crippen LogP contribution is -2.11. The molecule has 24 heavy (non-hydrogen) atoms. The van der Waals surface area contributed by atoms with Gasteiger partial charge in [-0.05, 0) is 45.0 Å². The van der Waals surface area contributed by atoms with Crippen molar-refractivity contribution in [2.45, 2.75) is 20.8 Å². The number of amides is 1. The number of carbonyl (C=O) groups is 1. The van der Waals surface area contributed by atoms with E-state index in [0.29, 0.717) is 10.0 Å². The number of anilines is 3. The van der Waals surface area contributed by atoms with Crippen molar-refractivity contribution < 1.29 is 4.79 Å². The number of rotatable bonds is 4. The summed E-state index contributed by atoms with van der Waals surface area (Å²) >= 11 is 1.35. The van der Waals surface area contributed by atoms with Crippen LogP contribution in [0.4, 0.5) is 16.5 Å². The summed E-state index contributed by atoms with van der Waals surface area (Å²) in [6, 6.07) is 15.8. The number of benzene rings is 2. The molecular weight excluding hydrogens is 318 g/mol. The van der Waals surface area contributed by atoms with Gasteiger partial charge in [0.05, 0.1) is 5.69 Å². The summed E-state index contributed by atoms with van der Waals surface area (Å²) in [6.07, 6.45) is 0. The smallest absolute Gasteiger partial charge is 0.267 e. The minimum absolute atomic E-state index is 0.134. The maximum absolute atomic E-state index is 12.5. The SMILES string of the molecule is Cc1ccc(NC(=O)c2sc(Nc3ccc(C)cc3)nc2C)cc1. The minimum Gasteiger partial charge on any atom is -0.332 e. The Morgan fingerprint density at radius 3 is 2.00 bits per heavy atom. The van der Waals surface area contributed by atoms with Crippen LogP contribution in [0.1, 0.15) is 26.5 Å². The second-order valence-electron chi connectivity index (χ2n) is 5.74. The van der Waals surface area contributed by atoms with Gasteiger partial charge in [-0.25, -0.2) is 4.98 Å². The van der Waals surface area contributed by atoms with Crippen molar-refractivity contribution in [3.8, 4) is 0 Å². The fraction of sp³-hybridized carbons (Fsp3) is 0.158. The first-order valence-corrected chi connectivity index (χ1v) is 8.52. The zero-order chi connectivity index (χ0) is 17.1. The Labute approximate surface area is 145 Å². The first-order chi connectivity index (χ1) is 11.5. The first-order valence-electron chi connectivity index (χ1n) is 7.70. The molecule has 0 radical (unpaired) electrons. The summed E-state index contributed by atoms with van der Waals surface area (Å²) in [5, 5.41) is 6.87. The van der Waals surface area contributed by atoms with Crippen molar-refractivity contribution in [3.63, 3.8) is 0 Å². The number of nitrogens with one attached hydrogen (secondary N) is 2. The van der Waals surface area contributed by atoms with Gasteiger partial charge < -0.3 is 10.6 Å². The quantitative estimate of drug-likeness (QED) is 0.699. The molecule has 1 amide bonds. The van der Waals surface area contributed by atoms with Gasteiger partial charge >= 0.3 is 0 Å².